The Morgan fingerprint density at radius 3 is 2.94 bits per heavy atom. The molecule has 0 aliphatic rings. The number of alkyl halides is 1. The fraction of sp³-hybridized carbons (Fsp3) is 0.455. The summed E-state index contributed by atoms with van der Waals surface area (Å²) in [5.74, 6) is 1.02. The number of ether oxygens (including phenoxy) is 1. The van der Waals surface area contributed by atoms with Crippen LogP contribution in [0.3, 0.4) is 0 Å². The second kappa shape index (κ2) is 7.19. The molecule has 90 valence electrons. The summed E-state index contributed by atoms with van der Waals surface area (Å²) in [6.07, 6.45) is -0.547. The van der Waals surface area contributed by atoms with Crippen LogP contribution in [0.25, 0.3) is 0 Å². The molecule has 0 bridgehead atoms. The molecule has 3 nitrogen and oxygen atoms in total. The second-order valence-corrected chi connectivity index (χ2v) is 4.82. The van der Waals surface area contributed by atoms with Crippen LogP contribution >= 0.6 is 34.2 Å². The first-order chi connectivity index (χ1) is 7.67. The number of hydrogen-bond acceptors (Lipinski definition) is 3. The van der Waals surface area contributed by atoms with Gasteiger partial charge in [-0.15, -0.1) is 11.6 Å². The second-order valence-electron chi connectivity index (χ2n) is 3.26. The first-order valence-corrected chi connectivity index (χ1v) is 6.69. The first-order valence-electron chi connectivity index (χ1n) is 5.07. The van der Waals surface area contributed by atoms with E-state index >= 15 is 0 Å². The zero-order valence-electron chi connectivity index (χ0n) is 9.04. The summed E-state index contributed by atoms with van der Waals surface area (Å²) in [5.41, 5.74) is 0.887. The van der Waals surface area contributed by atoms with Gasteiger partial charge in [-0.1, -0.05) is 0 Å². The molecule has 16 heavy (non-hydrogen) atoms. The van der Waals surface area contributed by atoms with E-state index in [0.29, 0.717) is 13.2 Å². The summed E-state index contributed by atoms with van der Waals surface area (Å²) in [5, 5.41) is 12.5. The van der Waals surface area contributed by atoms with E-state index in [1.54, 1.807) is 0 Å². The Balaban J connectivity index is 2.71. The summed E-state index contributed by atoms with van der Waals surface area (Å²) >= 11 is 7.76. The molecule has 1 rings (SSSR count). The monoisotopic (exact) mass is 355 g/mol. The summed E-state index contributed by atoms with van der Waals surface area (Å²) in [6.45, 7) is 2.98. The SMILES string of the molecule is CCOc1ccc(I)cc1NCC(O)CCl. The molecule has 0 radical (unpaired) electrons. The third-order valence-corrected chi connectivity index (χ3v) is 2.97. The molecule has 0 spiro atoms. The largest absolute Gasteiger partial charge is 0.492 e. The lowest BCUT2D eigenvalue weighted by molar-refractivity contribution is 0.211. The normalized spacial score (nSPS) is 12.2. The van der Waals surface area contributed by atoms with Gasteiger partial charge in [-0.3, -0.25) is 0 Å². The molecule has 0 amide bonds. The minimum atomic E-state index is -0.547. The van der Waals surface area contributed by atoms with E-state index in [1.165, 1.54) is 0 Å². The van der Waals surface area contributed by atoms with Gasteiger partial charge in [0.05, 0.1) is 24.3 Å². The molecule has 1 unspecified atom stereocenters. The van der Waals surface area contributed by atoms with Crippen LogP contribution in [0.2, 0.25) is 0 Å². The third kappa shape index (κ3) is 4.35. The van der Waals surface area contributed by atoms with Gasteiger partial charge in [0.25, 0.3) is 0 Å². The fourth-order valence-corrected chi connectivity index (χ4v) is 1.80. The number of rotatable bonds is 6. The zero-order valence-corrected chi connectivity index (χ0v) is 12.0. The lowest BCUT2D eigenvalue weighted by Crippen LogP contribution is -2.21. The Hall–Kier alpha value is -0.200. The maximum absolute atomic E-state index is 9.37. The van der Waals surface area contributed by atoms with Crippen LogP contribution < -0.4 is 10.1 Å². The van der Waals surface area contributed by atoms with Crippen molar-refractivity contribution in [2.24, 2.45) is 0 Å². The van der Waals surface area contributed by atoms with Crippen molar-refractivity contribution in [2.45, 2.75) is 13.0 Å². The molecule has 0 fully saturated rings. The van der Waals surface area contributed by atoms with Crippen LogP contribution in [-0.2, 0) is 0 Å². The Bertz CT molecular complexity index is 336. The van der Waals surface area contributed by atoms with Crippen LogP contribution in [0.1, 0.15) is 6.92 Å². The number of anilines is 1. The predicted octanol–water partition coefficient (Wildman–Crippen LogP) is 2.70. The smallest absolute Gasteiger partial charge is 0.142 e. The Kier molecular flexibility index (Phi) is 6.23. The van der Waals surface area contributed by atoms with E-state index < -0.39 is 6.10 Å². The summed E-state index contributed by atoms with van der Waals surface area (Å²) in [7, 11) is 0. The minimum Gasteiger partial charge on any atom is -0.492 e. The van der Waals surface area contributed by atoms with Gasteiger partial charge in [0.2, 0.25) is 0 Å². The van der Waals surface area contributed by atoms with Gasteiger partial charge < -0.3 is 15.2 Å². The number of halogens is 2. The fourth-order valence-electron chi connectivity index (χ4n) is 1.20. The molecule has 0 saturated heterocycles. The molecule has 0 aliphatic heterocycles. The van der Waals surface area contributed by atoms with Crippen molar-refractivity contribution < 1.29 is 9.84 Å². The Morgan fingerprint density at radius 1 is 1.56 bits per heavy atom. The highest BCUT2D eigenvalue weighted by Gasteiger charge is 2.06. The molecule has 0 saturated carbocycles. The van der Waals surface area contributed by atoms with E-state index in [0.717, 1.165) is 15.0 Å². The van der Waals surface area contributed by atoms with Gasteiger partial charge in [0.15, 0.2) is 0 Å². The highest BCUT2D eigenvalue weighted by atomic mass is 127. The van der Waals surface area contributed by atoms with Gasteiger partial charge in [-0.05, 0) is 47.7 Å². The molecule has 2 N–H and O–H groups in total. The van der Waals surface area contributed by atoms with E-state index in [9.17, 15) is 5.11 Å². The molecule has 1 atom stereocenters. The lowest BCUT2D eigenvalue weighted by Gasteiger charge is -2.14. The summed E-state index contributed by atoms with van der Waals surface area (Å²) < 4.78 is 6.59. The molecular formula is C11H15ClINO2. The maximum Gasteiger partial charge on any atom is 0.142 e. The molecular weight excluding hydrogens is 340 g/mol. The van der Waals surface area contributed by atoms with Crippen molar-refractivity contribution in [1.82, 2.24) is 0 Å². The van der Waals surface area contributed by atoms with Crippen molar-refractivity contribution in [2.75, 3.05) is 24.3 Å². The van der Waals surface area contributed by atoms with Crippen molar-refractivity contribution in [3.05, 3.63) is 21.8 Å². The Morgan fingerprint density at radius 2 is 2.31 bits per heavy atom. The quantitative estimate of drug-likeness (QED) is 0.609. The number of aliphatic hydroxyl groups is 1. The maximum atomic E-state index is 9.37. The molecule has 0 aliphatic carbocycles. The van der Waals surface area contributed by atoms with E-state index in [2.05, 4.69) is 27.9 Å². The molecule has 5 heteroatoms. The van der Waals surface area contributed by atoms with Crippen molar-refractivity contribution in [3.63, 3.8) is 0 Å². The number of aliphatic hydroxyl groups excluding tert-OH is 1. The standard InChI is InChI=1S/C11H15ClINO2/c1-2-16-11-4-3-8(13)5-10(11)14-7-9(15)6-12/h3-5,9,14-15H,2,6-7H2,1H3. The van der Waals surface area contributed by atoms with Crippen LogP contribution in [0, 0.1) is 3.57 Å². The number of benzene rings is 1. The van der Waals surface area contributed by atoms with Gasteiger partial charge in [-0.2, -0.15) is 0 Å². The number of nitrogens with one attached hydrogen (secondary N) is 1. The zero-order chi connectivity index (χ0) is 12.0. The van der Waals surface area contributed by atoms with Gasteiger partial charge in [0, 0.05) is 10.1 Å². The molecule has 0 heterocycles. The van der Waals surface area contributed by atoms with E-state index in [-0.39, 0.29) is 5.88 Å². The predicted molar refractivity (Wildman–Crippen MR) is 75.5 cm³/mol. The number of hydrogen-bond donors (Lipinski definition) is 2. The van der Waals surface area contributed by atoms with Crippen LogP contribution in [0.15, 0.2) is 18.2 Å². The summed E-state index contributed by atoms with van der Waals surface area (Å²) in [4.78, 5) is 0. The molecule has 1 aromatic rings. The summed E-state index contributed by atoms with van der Waals surface area (Å²) in [6, 6.07) is 5.88. The van der Waals surface area contributed by atoms with Gasteiger partial charge in [-0.25, -0.2) is 0 Å². The molecule has 0 aromatic heterocycles. The van der Waals surface area contributed by atoms with Crippen molar-refractivity contribution in [1.29, 1.82) is 0 Å². The third-order valence-electron chi connectivity index (χ3n) is 1.95. The van der Waals surface area contributed by atoms with E-state index in [1.807, 2.05) is 25.1 Å². The minimum absolute atomic E-state index is 0.223. The van der Waals surface area contributed by atoms with Crippen LogP contribution in [0.4, 0.5) is 5.69 Å². The highest BCUT2D eigenvalue weighted by Crippen LogP contribution is 2.26. The average molecular weight is 356 g/mol. The van der Waals surface area contributed by atoms with E-state index in [4.69, 9.17) is 16.3 Å². The Labute approximate surface area is 114 Å². The van der Waals surface area contributed by atoms with Gasteiger partial charge >= 0.3 is 0 Å². The topological polar surface area (TPSA) is 41.5 Å². The lowest BCUT2D eigenvalue weighted by atomic mass is 10.3. The first kappa shape index (κ1) is 13.9. The van der Waals surface area contributed by atoms with Crippen LogP contribution in [-0.4, -0.2) is 30.2 Å². The van der Waals surface area contributed by atoms with Crippen molar-refractivity contribution >= 4 is 39.9 Å². The van der Waals surface area contributed by atoms with Gasteiger partial charge in [0.1, 0.15) is 5.75 Å². The molecule has 1 aromatic carbocycles. The average Bonchev–Trinajstić information content (AvgIpc) is 2.29. The van der Waals surface area contributed by atoms with Crippen LogP contribution in [0.5, 0.6) is 5.75 Å². The highest BCUT2D eigenvalue weighted by molar-refractivity contribution is 14.1. The van der Waals surface area contributed by atoms with Crippen molar-refractivity contribution in [3.8, 4) is 5.75 Å².